The summed E-state index contributed by atoms with van der Waals surface area (Å²) < 4.78 is 1.79. The Morgan fingerprint density at radius 3 is 2.42 bits per heavy atom. The first-order valence-electron chi connectivity index (χ1n) is 12.8. The number of rotatable bonds is 5. The van der Waals surface area contributed by atoms with Crippen LogP contribution in [0.4, 0.5) is 11.6 Å². The summed E-state index contributed by atoms with van der Waals surface area (Å²) in [6.07, 6.45) is 5.07. The van der Waals surface area contributed by atoms with E-state index in [0.29, 0.717) is 12.5 Å². The Bertz CT molecular complexity index is 1200. The van der Waals surface area contributed by atoms with Crippen molar-refractivity contribution in [2.45, 2.75) is 52.3 Å². The molecule has 0 spiro atoms. The summed E-state index contributed by atoms with van der Waals surface area (Å²) in [7, 11) is 0. The topological polar surface area (TPSA) is 90.6 Å². The second kappa shape index (κ2) is 10.3. The molecule has 5 rings (SSSR count). The molecule has 0 bridgehead atoms. The van der Waals surface area contributed by atoms with E-state index >= 15 is 0 Å². The third-order valence-electron chi connectivity index (χ3n) is 7.28. The van der Waals surface area contributed by atoms with Gasteiger partial charge in [-0.1, -0.05) is 18.2 Å². The van der Waals surface area contributed by atoms with Crippen LogP contribution in [-0.2, 0) is 11.3 Å². The number of aromatic nitrogens is 4. The maximum Gasteiger partial charge on any atom is 0.244 e. The molecule has 2 fully saturated rings. The smallest absolute Gasteiger partial charge is 0.244 e. The summed E-state index contributed by atoms with van der Waals surface area (Å²) >= 11 is 0. The van der Waals surface area contributed by atoms with E-state index in [9.17, 15) is 9.90 Å². The number of piperazine rings is 1. The minimum absolute atomic E-state index is 0.0874. The molecule has 9 nitrogen and oxygen atoms in total. The van der Waals surface area contributed by atoms with Gasteiger partial charge in [0.1, 0.15) is 6.54 Å². The van der Waals surface area contributed by atoms with Gasteiger partial charge in [-0.3, -0.25) is 9.48 Å². The highest BCUT2D eigenvalue weighted by molar-refractivity contribution is 5.79. The summed E-state index contributed by atoms with van der Waals surface area (Å²) in [4.78, 5) is 28.8. The van der Waals surface area contributed by atoms with Crippen LogP contribution < -0.4 is 9.80 Å². The number of hydrogen-bond acceptors (Lipinski definition) is 7. The van der Waals surface area contributed by atoms with Gasteiger partial charge in [-0.15, -0.1) is 0 Å². The van der Waals surface area contributed by atoms with Crippen molar-refractivity contribution >= 4 is 17.5 Å². The van der Waals surface area contributed by atoms with Gasteiger partial charge >= 0.3 is 0 Å². The first-order valence-corrected chi connectivity index (χ1v) is 12.8. The van der Waals surface area contributed by atoms with Gasteiger partial charge in [-0.25, -0.2) is 9.97 Å². The largest absolute Gasteiger partial charge is 0.393 e. The molecule has 1 atom stereocenters. The van der Waals surface area contributed by atoms with Crippen molar-refractivity contribution in [1.82, 2.24) is 24.6 Å². The van der Waals surface area contributed by atoms with E-state index in [2.05, 4.69) is 50.0 Å². The minimum Gasteiger partial charge on any atom is -0.393 e. The number of piperidine rings is 1. The first-order chi connectivity index (χ1) is 17.4. The van der Waals surface area contributed by atoms with Crippen molar-refractivity contribution in [1.29, 1.82) is 0 Å². The van der Waals surface area contributed by atoms with E-state index in [4.69, 9.17) is 0 Å². The third kappa shape index (κ3) is 5.06. The molecule has 190 valence electrons. The van der Waals surface area contributed by atoms with Crippen LogP contribution >= 0.6 is 0 Å². The molecule has 2 aliphatic heterocycles. The van der Waals surface area contributed by atoms with Gasteiger partial charge in [-0.2, -0.15) is 5.10 Å². The maximum atomic E-state index is 13.1. The van der Waals surface area contributed by atoms with Crippen molar-refractivity contribution in [2.24, 2.45) is 0 Å². The number of amides is 1. The average molecular weight is 490 g/mol. The number of carbonyl (C=O) groups is 1. The molecule has 3 aromatic rings. The molecule has 1 amide bonds. The first kappa shape index (κ1) is 24.2. The van der Waals surface area contributed by atoms with Crippen LogP contribution in [0.2, 0.25) is 0 Å². The summed E-state index contributed by atoms with van der Waals surface area (Å²) in [6, 6.07) is 10.4. The van der Waals surface area contributed by atoms with E-state index in [-0.39, 0.29) is 24.6 Å². The zero-order chi connectivity index (χ0) is 25.2. The van der Waals surface area contributed by atoms with Gasteiger partial charge in [0.05, 0.1) is 11.8 Å². The van der Waals surface area contributed by atoms with Gasteiger partial charge in [0, 0.05) is 73.7 Å². The average Bonchev–Trinajstić information content (AvgIpc) is 3.20. The molecular formula is C27H35N7O2. The number of aliphatic hydroxyl groups is 1. The Morgan fingerprint density at radius 1 is 1.03 bits per heavy atom. The Balaban J connectivity index is 1.27. The lowest BCUT2D eigenvalue weighted by Crippen LogP contribution is -2.55. The van der Waals surface area contributed by atoms with Crippen LogP contribution in [-0.4, -0.2) is 80.5 Å². The number of anilines is 2. The molecule has 36 heavy (non-hydrogen) atoms. The Morgan fingerprint density at radius 2 is 1.75 bits per heavy atom. The SMILES string of the molecule is Cc1cc(C)n(CC(=O)N2CCN(c3ccccc3-c3cnc(N4CCC(O)CC4)nc3)CC2C)n1. The summed E-state index contributed by atoms with van der Waals surface area (Å²) in [5.74, 6) is 0.822. The minimum atomic E-state index is -0.218. The van der Waals surface area contributed by atoms with E-state index in [1.807, 2.05) is 43.3 Å². The number of hydrogen-bond donors (Lipinski definition) is 1. The van der Waals surface area contributed by atoms with Gasteiger partial charge in [0.2, 0.25) is 11.9 Å². The highest BCUT2D eigenvalue weighted by atomic mass is 16.3. The van der Waals surface area contributed by atoms with Gasteiger partial charge in [0.25, 0.3) is 0 Å². The second-order valence-electron chi connectivity index (χ2n) is 9.97. The number of aliphatic hydroxyl groups excluding tert-OH is 1. The number of para-hydroxylation sites is 1. The lowest BCUT2D eigenvalue weighted by Gasteiger charge is -2.41. The molecule has 1 unspecified atom stereocenters. The fraction of sp³-hybridized carbons (Fsp3) is 0.481. The van der Waals surface area contributed by atoms with Crippen LogP contribution in [0.3, 0.4) is 0 Å². The normalized spacial score (nSPS) is 19.1. The number of aryl methyl sites for hydroxylation is 2. The molecule has 1 N–H and O–H groups in total. The van der Waals surface area contributed by atoms with E-state index in [0.717, 1.165) is 67.2 Å². The lowest BCUT2D eigenvalue weighted by atomic mass is 10.0. The van der Waals surface area contributed by atoms with Crippen LogP contribution in [0.1, 0.15) is 31.2 Å². The molecular weight excluding hydrogens is 454 g/mol. The molecule has 0 aliphatic carbocycles. The van der Waals surface area contributed by atoms with Crippen LogP contribution in [0.25, 0.3) is 11.1 Å². The van der Waals surface area contributed by atoms with Crippen molar-refractivity contribution in [3.8, 4) is 11.1 Å². The second-order valence-corrected chi connectivity index (χ2v) is 9.97. The third-order valence-corrected chi connectivity index (χ3v) is 7.28. The molecule has 0 radical (unpaired) electrons. The summed E-state index contributed by atoms with van der Waals surface area (Å²) in [5, 5.41) is 14.2. The van der Waals surface area contributed by atoms with Crippen LogP contribution in [0.15, 0.2) is 42.7 Å². The van der Waals surface area contributed by atoms with Crippen molar-refractivity contribution in [2.75, 3.05) is 42.5 Å². The molecule has 1 aromatic carbocycles. The fourth-order valence-corrected chi connectivity index (χ4v) is 5.28. The standard InChI is InChI=1S/C27H35N7O2/c1-19-14-20(2)34(30-19)18-26(36)33-13-12-32(17-21(33)3)25-7-5-4-6-24(25)22-15-28-27(29-16-22)31-10-8-23(35)9-11-31/h4-7,14-16,21,23,35H,8-13,17-18H2,1-3H3. The van der Waals surface area contributed by atoms with Crippen LogP contribution in [0.5, 0.6) is 0 Å². The molecule has 0 saturated carbocycles. The Hall–Kier alpha value is -3.46. The zero-order valence-electron chi connectivity index (χ0n) is 21.3. The molecule has 2 aromatic heterocycles. The number of nitrogens with zero attached hydrogens (tertiary/aromatic N) is 7. The van der Waals surface area contributed by atoms with E-state index in [1.54, 1.807) is 4.68 Å². The van der Waals surface area contributed by atoms with E-state index in [1.165, 1.54) is 0 Å². The predicted molar refractivity (Wildman–Crippen MR) is 140 cm³/mol. The van der Waals surface area contributed by atoms with Gasteiger partial charge < -0.3 is 19.8 Å². The molecule has 4 heterocycles. The van der Waals surface area contributed by atoms with Gasteiger partial charge in [-0.05, 0) is 45.7 Å². The lowest BCUT2D eigenvalue weighted by molar-refractivity contribution is -0.134. The Labute approximate surface area is 212 Å². The zero-order valence-corrected chi connectivity index (χ0v) is 21.3. The quantitative estimate of drug-likeness (QED) is 0.589. The maximum absolute atomic E-state index is 13.1. The highest BCUT2D eigenvalue weighted by Gasteiger charge is 2.29. The van der Waals surface area contributed by atoms with Crippen molar-refractivity contribution in [3.63, 3.8) is 0 Å². The van der Waals surface area contributed by atoms with Crippen molar-refractivity contribution in [3.05, 3.63) is 54.1 Å². The predicted octanol–water partition coefficient (Wildman–Crippen LogP) is 2.66. The monoisotopic (exact) mass is 489 g/mol. The summed E-state index contributed by atoms with van der Waals surface area (Å²) in [5.41, 5.74) is 5.14. The molecule has 2 saturated heterocycles. The highest BCUT2D eigenvalue weighted by Crippen LogP contribution is 2.32. The van der Waals surface area contributed by atoms with Gasteiger partial charge in [0.15, 0.2) is 0 Å². The Kier molecular flexibility index (Phi) is 6.91. The number of carbonyl (C=O) groups excluding carboxylic acids is 1. The van der Waals surface area contributed by atoms with Crippen LogP contribution in [0, 0.1) is 13.8 Å². The van der Waals surface area contributed by atoms with Crippen molar-refractivity contribution < 1.29 is 9.90 Å². The number of benzene rings is 1. The summed E-state index contributed by atoms with van der Waals surface area (Å²) in [6.45, 7) is 10.1. The van der Waals surface area contributed by atoms with E-state index < -0.39 is 0 Å². The molecule has 2 aliphatic rings. The molecule has 9 heteroatoms. The fourth-order valence-electron chi connectivity index (χ4n) is 5.28.